The van der Waals surface area contributed by atoms with Crippen LogP contribution < -0.4 is 11.1 Å². The number of carbonyl (C=O) groups excluding carboxylic acids is 2. The molecule has 1 heterocycles. The maximum Gasteiger partial charge on any atom is 0.273 e. The summed E-state index contributed by atoms with van der Waals surface area (Å²) in [5.74, 6) is -2.76. The number of halogens is 2. The zero-order valence-corrected chi connectivity index (χ0v) is 18.8. The van der Waals surface area contributed by atoms with Crippen LogP contribution in [-0.2, 0) is 11.3 Å². The Labute approximate surface area is 180 Å². The molecule has 0 bridgehead atoms. The third-order valence-corrected chi connectivity index (χ3v) is 5.19. The first-order valence-corrected chi connectivity index (χ1v) is 11.6. The van der Waals surface area contributed by atoms with Crippen molar-refractivity contribution < 1.29 is 18.4 Å². The van der Waals surface area contributed by atoms with Crippen LogP contribution in [0.5, 0.6) is 0 Å². The monoisotopic (exact) mass is 448 g/mol. The summed E-state index contributed by atoms with van der Waals surface area (Å²) < 4.78 is 29.1. The maximum atomic E-state index is 13.7. The second kappa shape index (κ2) is 11.6. The van der Waals surface area contributed by atoms with Crippen molar-refractivity contribution in [3.05, 3.63) is 29.7 Å². The van der Waals surface area contributed by atoms with Gasteiger partial charge < -0.3 is 11.1 Å². The van der Waals surface area contributed by atoms with Gasteiger partial charge in [0.25, 0.3) is 11.8 Å². The van der Waals surface area contributed by atoms with E-state index < -0.39 is 5.92 Å². The number of allylic oxidation sites excluding steroid dienone is 1. The third kappa shape index (κ3) is 8.38. The fourth-order valence-electron chi connectivity index (χ4n) is 3.34. The smallest absolute Gasteiger partial charge is 0.273 e. The van der Waals surface area contributed by atoms with Gasteiger partial charge >= 0.3 is 0 Å². The van der Waals surface area contributed by atoms with Crippen molar-refractivity contribution in [3.8, 4) is 0 Å². The Kier molecular flexibility index (Phi) is 10.2. The summed E-state index contributed by atoms with van der Waals surface area (Å²) in [5, 5.41) is 6.66. The second-order valence-corrected chi connectivity index (χ2v) is 7.96. The summed E-state index contributed by atoms with van der Waals surface area (Å²) in [5.41, 5.74) is 5.62. The number of alkyl halides is 2. The van der Waals surface area contributed by atoms with E-state index in [-0.39, 0.29) is 30.1 Å². The fourth-order valence-corrected chi connectivity index (χ4v) is 3.63. The lowest BCUT2D eigenvalue weighted by molar-refractivity contribution is -0.115. The summed E-state index contributed by atoms with van der Waals surface area (Å²) in [7, 11) is 0. The number of thiol groups is 1. The highest BCUT2D eigenvalue weighted by atomic mass is 32.2. The topological polar surface area (TPSA) is 90.0 Å². The summed E-state index contributed by atoms with van der Waals surface area (Å²) in [4.78, 5) is 21.9. The molecule has 10 heteroatoms. The molecule has 1 aromatic heterocycles. The lowest BCUT2D eigenvalue weighted by Gasteiger charge is -2.31. The van der Waals surface area contributed by atoms with Gasteiger partial charge in [-0.2, -0.15) is 29.5 Å². The normalized spacial score (nSPS) is 19.4. The Morgan fingerprint density at radius 2 is 2.03 bits per heavy atom. The van der Waals surface area contributed by atoms with Crippen LogP contribution in [0.2, 0.25) is 0 Å². The quantitative estimate of drug-likeness (QED) is 0.602. The number of aryl methyl sites for hydroxylation is 1. The van der Waals surface area contributed by atoms with Gasteiger partial charge in [-0.25, -0.2) is 8.78 Å². The van der Waals surface area contributed by atoms with E-state index in [0.717, 1.165) is 12.8 Å². The number of thioether (sulfide) groups is 1. The molecule has 0 radical (unpaired) electrons. The molecule has 2 fully saturated rings. The van der Waals surface area contributed by atoms with Crippen LogP contribution in [0.15, 0.2) is 24.0 Å². The molecule has 0 aliphatic heterocycles. The summed E-state index contributed by atoms with van der Waals surface area (Å²) in [6.07, 6.45) is 8.73. The number of nitrogens with one attached hydrogen (secondary N) is 1. The Morgan fingerprint density at radius 1 is 1.38 bits per heavy atom. The SMILES string of the molecule is CCn1nccc1C(=O)N/C=C1/CC(F)(F)CC2(CC2)C1.CS.CSCC(N)=O. The molecule has 29 heavy (non-hydrogen) atoms. The summed E-state index contributed by atoms with van der Waals surface area (Å²) in [6.45, 7) is 2.48. The number of rotatable bonds is 5. The average Bonchev–Trinajstić information content (AvgIpc) is 3.20. The van der Waals surface area contributed by atoms with E-state index in [4.69, 9.17) is 5.73 Å². The predicted octanol–water partition coefficient (Wildman–Crippen LogP) is 3.50. The highest BCUT2D eigenvalue weighted by molar-refractivity contribution is 7.99. The van der Waals surface area contributed by atoms with E-state index in [1.165, 1.54) is 18.0 Å². The van der Waals surface area contributed by atoms with Gasteiger partial charge in [0.1, 0.15) is 5.69 Å². The van der Waals surface area contributed by atoms with Gasteiger partial charge in [0.15, 0.2) is 0 Å². The molecule has 0 aromatic carbocycles. The minimum absolute atomic E-state index is 0.00606. The van der Waals surface area contributed by atoms with Crippen molar-refractivity contribution in [2.24, 2.45) is 11.1 Å². The lowest BCUT2D eigenvalue weighted by Crippen LogP contribution is -2.30. The zero-order valence-electron chi connectivity index (χ0n) is 17.1. The number of carbonyl (C=O) groups is 2. The van der Waals surface area contributed by atoms with Crippen LogP contribution in [0, 0.1) is 5.41 Å². The van der Waals surface area contributed by atoms with Gasteiger partial charge in [0.05, 0.1) is 5.75 Å². The van der Waals surface area contributed by atoms with E-state index in [1.807, 2.05) is 13.2 Å². The van der Waals surface area contributed by atoms with Crippen molar-refractivity contribution in [2.75, 3.05) is 18.3 Å². The average molecular weight is 449 g/mol. The Hall–Kier alpha value is -1.55. The highest BCUT2D eigenvalue weighted by Crippen LogP contribution is 2.61. The number of hydrogen-bond acceptors (Lipinski definition) is 5. The Balaban J connectivity index is 0.000000454. The molecule has 2 aliphatic rings. The number of nitrogens with two attached hydrogens (primary N) is 1. The third-order valence-electron chi connectivity index (χ3n) is 4.62. The van der Waals surface area contributed by atoms with Crippen LogP contribution in [0.3, 0.4) is 0 Å². The van der Waals surface area contributed by atoms with Gasteiger partial charge in [-0.05, 0) is 55.8 Å². The molecular formula is C19H30F2N4O2S2. The van der Waals surface area contributed by atoms with Crippen molar-refractivity contribution in [2.45, 2.75) is 51.5 Å². The van der Waals surface area contributed by atoms with Crippen molar-refractivity contribution in [1.29, 1.82) is 0 Å². The fraction of sp³-hybridized carbons (Fsp3) is 0.632. The van der Waals surface area contributed by atoms with Gasteiger partial charge in [0, 0.05) is 31.8 Å². The number of amides is 2. The van der Waals surface area contributed by atoms with Gasteiger partial charge in [-0.3, -0.25) is 14.3 Å². The second-order valence-electron chi connectivity index (χ2n) is 7.09. The molecule has 2 saturated carbocycles. The molecule has 2 amide bonds. The van der Waals surface area contributed by atoms with Gasteiger partial charge in [-0.1, -0.05) is 0 Å². The number of primary amides is 1. The van der Waals surface area contributed by atoms with Crippen molar-refractivity contribution in [3.63, 3.8) is 0 Å². The van der Waals surface area contributed by atoms with E-state index in [9.17, 15) is 18.4 Å². The number of aromatic nitrogens is 2. The van der Waals surface area contributed by atoms with E-state index >= 15 is 0 Å². The van der Waals surface area contributed by atoms with Crippen LogP contribution in [0.1, 0.15) is 49.5 Å². The lowest BCUT2D eigenvalue weighted by atomic mass is 9.81. The van der Waals surface area contributed by atoms with E-state index in [0.29, 0.717) is 30.0 Å². The zero-order chi connectivity index (χ0) is 22.1. The molecule has 6 nitrogen and oxygen atoms in total. The molecule has 1 aromatic rings. The van der Waals surface area contributed by atoms with Crippen LogP contribution in [0.4, 0.5) is 8.78 Å². The largest absolute Gasteiger partial charge is 0.369 e. The summed E-state index contributed by atoms with van der Waals surface area (Å²) in [6, 6.07) is 1.62. The molecule has 0 saturated heterocycles. The van der Waals surface area contributed by atoms with Crippen molar-refractivity contribution >= 4 is 36.2 Å². The van der Waals surface area contributed by atoms with E-state index in [2.05, 4.69) is 23.0 Å². The molecule has 3 N–H and O–H groups in total. The standard InChI is InChI=1S/C15H19F2N3O.C3H7NOS.CH4S/c1-2-20-12(3-6-19-20)13(21)18-9-11-7-14(4-5-14)10-15(16,17)8-11;1-6-2-3(4)5;1-2/h3,6,9H,2,4-5,7-8,10H2,1H3,(H,18,21);2H2,1H3,(H2,4,5);2H,1H3/b11-9+;;. The molecule has 1 spiro atoms. The molecule has 0 atom stereocenters. The number of hydrogen-bond donors (Lipinski definition) is 3. The van der Waals surface area contributed by atoms with Gasteiger partial charge in [0.2, 0.25) is 5.91 Å². The van der Waals surface area contributed by atoms with Gasteiger partial charge in [-0.15, -0.1) is 0 Å². The number of nitrogens with zero attached hydrogens (tertiary/aromatic N) is 2. The minimum atomic E-state index is -2.64. The summed E-state index contributed by atoms with van der Waals surface area (Å²) >= 11 is 4.96. The Morgan fingerprint density at radius 3 is 2.52 bits per heavy atom. The first kappa shape index (κ1) is 25.5. The maximum absolute atomic E-state index is 13.7. The van der Waals surface area contributed by atoms with Crippen LogP contribution in [0.25, 0.3) is 0 Å². The highest BCUT2D eigenvalue weighted by Gasteiger charge is 2.54. The van der Waals surface area contributed by atoms with Crippen LogP contribution in [-0.4, -0.2) is 45.8 Å². The van der Waals surface area contributed by atoms with E-state index in [1.54, 1.807) is 23.2 Å². The minimum Gasteiger partial charge on any atom is -0.369 e. The molecule has 164 valence electrons. The predicted molar refractivity (Wildman–Crippen MR) is 116 cm³/mol. The Bertz CT molecular complexity index is 711. The molecule has 3 rings (SSSR count). The first-order valence-electron chi connectivity index (χ1n) is 9.31. The first-order chi connectivity index (χ1) is 13.7. The molecule has 2 aliphatic carbocycles. The van der Waals surface area contributed by atoms with Crippen LogP contribution >= 0.6 is 24.4 Å². The molecular weight excluding hydrogens is 418 g/mol. The van der Waals surface area contributed by atoms with Crippen molar-refractivity contribution in [1.82, 2.24) is 15.1 Å². The molecule has 0 unspecified atom stereocenters.